The van der Waals surface area contributed by atoms with Gasteiger partial charge in [-0.05, 0) is 54.5 Å². The van der Waals surface area contributed by atoms with Gasteiger partial charge in [-0.15, -0.1) is 5.10 Å². The molecule has 146 valence electrons. The fraction of sp³-hybridized carbons (Fsp3) is 0.190. The Morgan fingerprint density at radius 1 is 1.14 bits per heavy atom. The summed E-state index contributed by atoms with van der Waals surface area (Å²) >= 11 is 1.50. The highest BCUT2D eigenvalue weighted by Gasteiger charge is 2.25. The van der Waals surface area contributed by atoms with Crippen molar-refractivity contribution in [1.82, 2.24) is 25.2 Å². The molecule has 0 atom stereocenters. The van der Waals surface area contributed by atoms with Gasteiger partial charge in [0.2, 0.25) is 0 Å². The number of aromatic nitrogens is 5. The number of amides is 1. The van der Waals surface area contributed by atoms with E-state index in [1.807, 2.05) is 62.4 Å². The number of carbonyl (C=O) groups is 1. The number of anilines is 1. The summed E-state index contributed by atoms with van der Waals surface area (Å²) in [5.41, 5.74) is 3.27. The van der Waals surface area contributed by atoms with Crippen molar-refractivity contribution in [3.63, 3.8) is 0 Å². The first-order chi connectivity index (χ1) is 14.1. The van der Waals surface area contributed by atoms with Gasteiger partial charge in [-0.3, -0.25) is 9.69 Å². The molecule has 0 fully saturated rings. The number of fused-ring (bicyclic) bond motifs is 1. The summed E-state index contributed by atoms with van der Waals surface area (Å²) in [6, 6.07) is 15.7. The van der Waals surface area contributed by atoms with Crippen molar-refractivity contribution in [3.8, 4) is 0 Å². The van der Waals surface area contributed by atoms with Crippen molar-refractivity contribution in [2.24, 2.45) is 0 Å². The molecule has 1 amide bonds. The molecule has 7 nitrogen and oxygen atoms in total. The van der Waals surface area contributed by atoms with Crippen molar-refractivity contribution in [1.29, 1.82) is 0 Å². The second kappa shape index (κ2) is 7.92. The average molecular weight is 404 g/mol. The molecule has 2 aromatic heterocycles. The summed E-state index contributed by atoms with van der Waals surface area (Å²) in [4.78, 5) is 20.0. The Morgan fingerprint density at radius 3 is 2.59 bits per heavy atom. The van der Waals surface area contributed by atoms with E-state index in [1.165, 1.54) is 16.0 Å². The Kier molecular flexibility index (Phi) is 5.18. The topological polar surface area (TPSA) is 76.8 Å². The lowest BCUT2D eigenvalue weighted by atomic mass is 10.2. The number of aryl methyl sites for hydroxylation is 2. The second-order valence-electron chi connectivity index (χ2n) is 6.55. The molecule has 4 aromatic rings. The molecule has 0 unspecified atom stereocenters. The van der Waals surface area contributed by atoms with Crippen LogP contribution in [-0.2, 0) is 4.79 Å². The summed E-state index contributed by atoms with van der Waals surface area (Å²) in [5.74, 6) is 0.334. The first kappa shape index (κ1) is 18.9. The smallest absolute Gasteiger partial charge is 0.278 e. The van der Waals surface area contributed by atoms with Gasteiger partial charge in [0.1, 0.15) is 5.70 Å². The molecule has 0 aliphatic heterocycles. The quantitative estimate of drug-likeness (QED) is 0.471. The Labute approximate surface area is 172 Å². The molecule has 2 aromatic carbocycles. The average Bonchev–Trinajstić information content (AvgIpc) is 3.34. The summed E-state index contributed by atoms with van der Waals surface area (Å²) in [5, 5.41) is 12.3. The SMILES string of the molecule is CCN(C(=O)/C(=C/c1ccccc1)n1nnnc1C)c1nc2c(C)cccc2s1. The number of para-hydroxylation sites is 1. The van der Waals surface area contributed by atoms with Gasteiger partial charge in [-0.1, -0.05) is 53.8 Å². The van der Waals surface area contributed by atoms with Crippen LogP contribution in [-0.4, -0.2) is 37.6 Å². The molecule has 29 heavy (non-hydrogen) atoms. The number of rotatable bonds is 5. The van der Waals surface area contributed by atoms with Crippen LogP contribution < -0.4 is 4.90 Å². The fourth-order valence-electron chi connectivity index (χ4n) is 3.07. The molecular weight excluding hydrogens is 384 g/mol. The van der Waals surface area contributed by atoms with E-state index >= 15 is 0 Å². The second-order valence-corrected chi connectivity index (χ2v) is 7.55. The Hall–Kier alpha value is -3.39. The number of tetrazole rings is 1. The van der Waals surface area contributed by atoms with E-state index in [0.717, 1.165) is 21.3 Å². The van der Waals surface area contributed by atoms with Crippen LogP contribution >= 0.6 is 11.3 Å². The molecule has 0 N–H and O–H groups in total. The van der Waals surface area contributed by atoms with Crippen molar-refractivity contribution >= 4 is 44.4 Å². The highest BCUT2D eigenvalue weighted by molar-refractivity contribution is 7.22. The molecule has 0 aliphatic carbocycles. The highest BCUT2D eigenvalue weighted by Crippen LogP contribution is 2.31. The monoisotopic (exact) mass is 404 g/mol. The van der Waals surface area contributed by atoms with Crippen LogP contribution in [0.2, 0.25) is 0 Å². The molecule has 0 radical (unpaired) electrons. The zero-order valence-corrected chi connectivity index (χ0v) is 17.2. The van der Waals surface area contributed by atoms with Crippen LogP contribution in [0.1, 0.15) is 23.9 Å². The number of hydrogen-bond acceptors (Lipinski definition) is 6. The minimum Gasteiger partial charge on any atom is -0.283 e. The molecule has 0 saturated heterocycles. The zero-order valence-electron chi connectivity index (χ0n) is 16.4. The molecule has 0 saturated carbocycles. The van der Waals surface area contributed by atoms with Gasteiger partial charge in [0.15, 0.2) is 11.0 Å². The van der Waals surface area contributed by atoms with Crippen LogP contribution in [0, 0.1) is 13.8 Å². The lowest BCUT2D eigenvalue weighted by Gasteiger charge is -2.19. The Balaban J connectivity index is 1.80. The molecular formula is C21H20N6OS. The summed E-state index contributed by atoms with van der Waals surface area (Å²) < 4.78 is 2.52. The van der Waals surface area contributed by atoms with Crippen molar-refractivity contribution < 1.29 is 4.79 Å². The third-order valence-corrected chi connectivity index (χ3v) is 5.62. The Morgan fingerprint density at radius 2 is 1.93 bits per heavy atom. The standard InChI is InChI=1S/C21H20N6OS/c1-4-26(21-22-19-14(2)9-8-12-18(19)29-21)20(28)17(27-15(3)23-24-25-27)13-16-10-6-5-7-11-16/h5-13H,4H2,1-3H3/b17-13-. The first-order valence-electron chi connectivity index (χ1n) is 9.28. The summed E-state index contributed by atoms with van der Waals surface area (Å²) in [6.45, 7) is 6.20. The normalized spacial score (nSPS) is 11.8. The zero-order chi connectivity index (χ0) is 20.4. The maximum atomic E-state index is 13.6. The minimum absolute atomic E-state index is 0.205. The Bertz CT molecular complexity index is 1190. The molecule has 4 rings (SSSR count). The third-order valence-electron chi connectivity index (χ3n) is 4.58. The van der Waals surface area contributed by atoms with Gasteiger partial charge in [0.05, 0.1) is 10.2 Å². The van der Waals surface area contributed by atoms with E-state index in [-0.39, 0.29) is 5.91 Å². The summed E-state index contributed by atoms with van der Waals surface area (Å²) in [6.07, 6.45) is 1.80. The number of carbonyl (C=O) groups excluding carboxylic acids is 1. The molecule has 8 heteroatoms. The molecule has 0 aliphatic rings. The van der Waals surface area contributed by atoms with Crippen LogP contribution in [0.15, 0.2) is 48.5 Å². The molecule has 2 heterocycles. The van der Waals surface area contributed by atoms with Gasteiger partial charge < -0.3 is 0 Å². The summed E-state index contributed by atoms with van der Waals surface area (Å²) in [7, 11) is 0. The minimum atomic E-state index is -0.205. The number of thiazole rings is 1. The van der Waals surface area contributed by atoms with E-state index in [4.69, 9.17) is 4.98 Å². The van der Waals surface area contributed by atoms with E-state index in [0.29, 0.717) is 23.2 Å². The van der Waals surface area contributed by atoms with Gasteiger partial charge >= 0.3 is 0 Å². The predicted octanol–water partition coefficient (Wildman–Crippen LogP) is 3.95. The van der Waals surface area contributed by atoms with Gasteiger partial charge in [-0.25, -0.2) is 4.98 Å². The van der Waals surface area contributed by atoms with Crippen LogP contribution in [0.3, 0.4) is 0 Å². The van der Waals surface area contributed by atoms with Crippen LogP contribution in [0.25, 0.3) is 22.0 Å². The predicted molar refractivity (Wildman–Crippen MR) is 116 cm³/mol. The maximum Gasteiger partial charge on any atom is 0.278 e. The van der Waals surface area contributed by atoms with Crippen LogP contribution in [0.5, 0.6) is 0 Å². The van der Waals surface area contributed by atoms with E-state index in [9.17, 15) is 4.79 Å². The largest absolute Gasteiger partial charge is 0.283 e. The van der Waals surface area contributed by atoms with E-state index in [1.54, 1.807) is 17.9 Å². The van der Waals surface area contributed by atoms with E-state index < -0.39 is 0 Å². The van der Waals surface area contributed by atoms with Crippen molar-refractivity contribution in [3.05, 3.63) is 65.5 Å². The maximum absolute atomic E-state index is 13.6. The third kappa shape index (κ3) is 3.66. The lowest BCUT2D eigenvalue weighted by Crippen LogP contribution is -2.33. The number of hydrogen-bond donors (Lipinski definition) is 0. The number of benzene rings is 2. The number of nitrogens with zero attached hydrogens (tertiary/aromatic N) is 6. The lowest BCUT2D eigenvalue weighted by molar-refractivity contribution is -0.113. The van der Waals surface area contributed by atoms with Crippen LogP contribution in [0.4, 0.5) is 5.13 Å². The molecule has 0 spiro atoms. The van der Waals surface area contributed by atoms with Crippen molar-refractivity contribution in [2.45, 2.75) is 20.8 Å². The first-order valence-corrected chi connectivity index (χ1v) is 10.1. The van der Waals surface area contributed by atoms with E-state index in [2.05, 4.69) is 15.5 Å². The van der Waals surface area contributed by atoms with Crippen molar-refractivity contribution in [2.75, 3.05) is 11.4 Å². The van der Waals surface area contributed by atoms with Gasteiger partial charge in [-0.2, -0.15) is 4.68 Å². The fourth-order valence-corrected chi connectivity index (χ4v) is 4.17. The van der Waals surface area contributed by atoms with Gasteiger partial charge in [0, 0.05) is 6.54 Å². The molecule has 0 bridgehead atoms. The number of likely N-dealkylation sites (N-methyl/N-ethyl adjacent to an activating group) is 1. The highest BCUT2D eigenvalue weighted by atomic mass is 32.1. The van der Waals surface area contributed by atoms with Gasteiger partial charge in [0.25, 0.3) is 5.91 Å².